The van der Waals surface area contributed by atoms with Crippen molar-refractivity contribution in [3.8, 4) is 0 Å². The van der Waals surface area contributed by atoms with Crippen molar-refractivity contribution in [3.05, 3.63) is 0 Å². The Balaban J connectivity index is 3.63. The molecule has 8 nitrogen and oxygen atoms in total. The van der Waals surface area contributed by atoms with Gasteiger partial charge in [-0.3, -0.25) is 0 Å². The van der Waals surface area contributed by atoms with E-state index in [0.29, 0.717) is 26.3 Å². The van der Waals surface area contributed by atoms with E-state index in [1.807, 2.05) is 0 Å². The Morgan fingerprint density at radius 3 is 1.62 bits per heavy atom. The molecule has 8 heteroatoms. The van der Waals surface area contributed by atoms with Crippen molar-refractivity contribution >= 4 is 12.1 Å². The van der Waals surface area contributed by atoms with Crippen molar-refractivity contribution in [2.75, 3.05) is 40.5 Å². The molecule has 0 radical (unpaired) electrons. The molecule has 0 fully saturated rings. The van der Waals surface area contributed by atoms with E-state index in [0.717, 1.165) is 0 Å². The first kappa shape index (κ1) is 14.5. The molecular weight excluding hydrogens is 216 g/mol. The Hall–Kier alpha value is -1.54. The maximum atomic E-state index is 10.9. The van der Waals surface area contributed by atoms with E-state index in [1.54, 1.807) is 0 Å². The van der Waals surface area contributed by atoms with Crippen LogP contribution in [0.15, 0.2) is 10.2 Å². The van der Waals surface area contributed by atoms with E-state index in [1.165, 1.54) is 14.2 Å². The van der Waals surface area contributed by atoms with Gasteiger partial charge in [-0.05, 0) is 0 Å². The van der Waals surface area contributed by atoms with E-state index >= 15 is 0 Å². The van der Waals surface area contributed by atoms with Gasteiger partial charge < -0.3 is 20.1 Å². The summed E-state index contributed by atoms with van der Waals surface area (Å²) in [7, 11) is 3.02. The highest BCUT2D eigenvalue weighted by Crippen LogP contribution is 1.81. The van der Waals surface area contributed by atoms with Crippen molar-refractivity contribution < 1.29 is 19.1 Å². The van der Waals surface area contributed by atoms with Crippen molar-refractivity contribution in [3.63, 3.8) is 0 Å². The number of nitrogens with one attached hydrogen (secondary N) is 2. The summed E-state index contributed by atoms with van der Waals surface area (Å²) in [6, 6.07) is -1.36. The number of ether oxygens (including phenoxy) is 2. The van der Waals surface area contributed by atoms with Crippen LogP contribution in [0.4, 0.5) is 9.59 Å². The first-order valence-electron chi connectivity index (χ1n) is 4.66. The number of rotatable bonds is 6. The number of urea groups is 2. The Kier molecular flexibility index (Phi) is 9.03. The summed E-state index contributed by atoms with van der Waals surface area (Å²) in [5.74, 6) is 0. The molecule has 0 bridgehead atoms. The Morgan fingerprint density at radius 2 is 1.31 bits per heavy atom. The summed E-state index contributed by atoms with van der Waals surface area (Å²) in [5.41, 5.74) is 0. The third-order valence-electron chi connectivity index (χ3n) is 1.40. The van der Waals surface area contributed by atoms with E-state index in [9.17, 15) is 9.59 Å². The van der Waals surface area contributed by atoms with Crippen LogP contribution in [-0.4, -0.2) is 52.6 Å². The van der Waals surface area contributed by atoms with Gasteiger partial charge in [0.15, 0.2) is 0 Å². The number of azo groups is 1. The second-order valence-corrected chi connectivity index (χ2v) is 2.65. The molecule has 0 saturated heterocycles. The van der Waals surface area contributed by atoms with Crippen LogP contribution in [0.25, 0.3) is 0 Å². The summed E-state index contributed by atoms with van der Waals surface area (Å²) >= 11 is 0. The predicted molar refractivity (Wildman–Crippen MR) is 55.4 cm³/mol. The molecule has 0 aromatic rings. The molecule has 4 amide bonds. The highest BCUT2D eigenvalue weighted by molar-refractivity contribution is 5.79. The zero-order valence-electron chi connectivity index (χ0n) is 9.36. The third kappa shape index (κ3) is 9.03. The highest BCUT2D eigenvalue weighted by Gasteiger charge is 1.99. The number of amides is 4. The van der Waals surface area contributed by atoms with Crippen LogP contribution < -0.4 is 10.6 Å². The lowest BCUT2D eigenvalue weighted by atomic mass is 10.7. The van der Waals surface area contributed by atoms with Crippen LogP contribution in [0, 0.1) is 0 Å². The lowest BCUT2D eigenvalue weighted by Crippen LogP contribution is -2.26. The van der Waals surface area contributed by atoms with Crippen molar-refractivity contribution in [1.82, 2.24) is 10.6 Å². The molecule has 0 aliphatic rings. The SMILES string of the molecule is COCCNC(=O)N=NC(=O)NCCOC. The van der Waals surface area contributed by atoms with Gasteiger partial charge >= 0.3 is 12.1 Å². The molecule has 0 rings (SSSR count). The monoisotopic (exact) mass is 232 g/mol. The van der Waals surface area contributed by atoms with Crippen LogP contribution >= 0.6 is 0 Å². The fraction of sp³-hybridized carbons (Fsp3) is 0.750. The lowest BCUT2D eigenvalue weighted by Gasteiger charge is -1.99. The molecule has 0 aromatic carbocycles. The van der Waals surface area contributed by atoms with Gasteiger partial charge in [-0.1, -0.05) is 10.2 Å². The standard InChI is InChI=1S/C8H16N4O4/c1-15-5-3-9-7(13)11-12-8(14)10-4-6-16-2/h3-6H2,1-2H3,(H,9,13)(H,10,14). The normalized spacial score (nSPS) is 10.4. The van der Waals surface area contributed by atoms with Gasteiger partial charge in [0.25, 0.3) is 0 Å². The minimum Gasteiger partial charge on any atom is -0.383 e. The number of hydrogen-bond donors (Lipinski definition) is 2. The van der Waals surface area contributed by atoms with Gasteiger partial charge in [0, 0.05) is 27.3 Å². The summed E-state index contributed by atoms with van der Waals surface area (Å²) < 4.78 is 9.41. The third-order valence-corrected chi connectivity index (χ3v) is 1.40. The van der Waals surface area contributed by atoms with E-state index in [-0.39, 0.29) is 0 Å². The number of carbonyl (C=O) groups excluding carboxylic acids is 2. The molecule has 2 N–H and O–H groups in total. The van der Waals surface area contributed by atoms with Gasteiger partial charge in [0.1, 0.15) is 0 Å². The molecule has 0 unspecified atom stereocenters. The van der Waals surface area contributed by atoms with Crippen molar-refractivity contribution in [2.24, 2.45) is 10.2 Å². The molecule has 0 aromatic heterocycles. The smallest absolute Gasteiger partial charge is 0.359 e. The van der Waals surface area contributed by atoms with Crippen LogP contribution in [-0.2, 0) is 9.47 Å². The minimum absolute atomic E-state index is 0.319. The number of carbonyl (C=O) groups is 2. The number of nitrogens with zero attached hydrogens (tertiary/aromatic N) is 2. The van der Waals surface area contributed by atoms with Gasteiger partial charge in [-0.2, -0.15) is 0 Å². The molecule has 0 spiro atoms. The molecule has 0 saturated carbocycles. The predicted octanol–water partition coefficient (Wildman–Crippen LogP) is 0.151. The van der Waals surface area contributed by atoms with Crippen LogP contribution in [0.2, 0.25) is 0 Å². The minimum atomic E-state index is -0.682. The maximum Gasteiger partial charge on any atom is 0.359 e. The zero-order valence-corrected chi connectivity index (χ0v) is 9.36. The molecule has 0 aliphatic heterocycles. The number of methoxy groups -OCH3 is 2. The molecule has 0 atom stereocenters. The molecular formula is C8H16N4O4. The summed E-state index contributed by atoms with van der Waals surface area (Å²) in [6.45, 7) is 1.39. The first-order chi connectivity index (χ1) is 7.70. The average molecular weight is 232 g/mol. The van der Waals surface area contributed by atoms with Crippen LogP contribution in [0.3, 0.4) is 0 Å². The van der Waals surface area contributed by atoms with Gasteiger partial charge in [-0.25, -0.2) is 9.59 Å². The first-order valence-corrected chi connectivity index (χ1v) is 4.66. The maximum absolute atomic E-state index is 10.9. The van der Waals surface area contributed by atoms with E-state index in [4.69, 9.17) is 9.47 Å². The second-order valence-electron chi connectivity index (χ2n) is 2.65. The van der Waals surface area contributed by atoms with Crippen LogP contribution in [0.1, 0.15) is 0 Å². The topological polar surface area (TPSA) is 101 Å². The van der Waals surface area contributed by atoms with E-state index < -0.39 is 12.1 Å². The molecule has 92 valence electrons. The fourth-order valence-electron chi connectivity index (χ4n) is 0.682. The molecule has 16 heavy (non-hydrogen) atoms. The fourth-order valence-corrected chi connectivity index (χ4v) is 0.682. The Labute approximate surface area is 93.4 Å². The molecule has 0 heterocycles. The summed E-state index contributed by atoms with van der Waals surface area (Å²) in [5, 5.41) is 11.0. The Bertz CT molecular complexity index is 220. The van der Waals surface area contributed by atoms with Crippen molar-refractivity contribution in [2.45, 2.75) is 0 Å². The Morgan fingerprint density at radius 1 is 0.938 bits per heavy atom. The quantitative estimate of drug-likeness (QED) is 0.502. The van der Waals surface area contributed by atoms with Gasteiger partial charge in [0.05, 0.1) is 13.2 Å². The van der Waals surface area contributed by atoms with Gasteiger partial charge in [0.2, 0.25) is 0 Å². The highest BCUT2D eigenvalue weighted by atomic mass is 16.5. The van der Waals surface area contributed by atoms with Crippen LogP contribution in [0.5, 0.6) is 0 Å². The second kappa shape index (κ2) is 9.99. The largest absolute Gasteiger partial charge is 0.383 e. The summed E-state index contributed by atoms with van der Waals surface area (Å²) in [6.07, 6.45) is 0. The van der Waals surface area contributed by atoms with Gasteiger partial charge in [-0.15, -0.1) is 0 Å². The lowest BCUT2D eigenvalue weighted by molar-refractivity contribution is 0.196. The zero-order chi connectivity index (χ0) is 12.2. The average Bonchev–Trinajstić information content (AvgIpc) is 2.27. The van der Waals surface area contributed by atoms with Crippen molar-refractivity contribution in [1.29, 1.82) is 0 Å². The van der Waals surface area contributed by atoms with E-state index in [2.05, 4.69) is 20.9 Å². The summed E-state index contributed by atoms with van der Waals surface area (Å²) in [4.78, 5) is 21.8. The molecule has 0 aliphatic carbocycles. The number of hydrogen-bond acceptors (Lipinski definition) is 4.